The molecule has 1 aliphatic heterocycles. The van der Waals surface area contributed by atoms with Crippen LogP contribution in [0.3, 0.4) is 0 Å². The average Bonchev–Trinajstić information content (AvgIpc) is 3.28. The van der Waals surface area contributed by atoms with Gasteiger partial charge in [-0.05, 0) is 49.2 Å². The number of carbonyl (C=O) groups is 2. The fourth-order valence-electron chi connectivity index (χ4n) is 3.32. The molecular weight excluding hydrogens is 447 g/mol. The van der Waals surface area contributed by atoms with Crippen LogP contribution in [0.25, 0.3) is 0 Å². The maximum Gasteiger partial charge on any atom is 0.286 e. The third-order valence-corrected chi connectivity index (χ3v) is 5.96. The molecule has 0 radical (unpaired) electrons. The number of anilines is 1. The van der Waals surface area contributed by atoms with Crippen molar-refractivity contribution in [2.75, 3.05) is 18.5 Å². The highest BCUT2D eigenvalue weighted by Crippen LogP contribution is 2.32. The van der Waals surface area contributed by atoms with Gasteiger partial charge in [0, 0.05) is 18.5 Å². The Balaban J connectivity index is 1.23. The third-order valence-electron chi connectivity index (χ3n) is 4.98. The first-order chi connectivity index (χ1) is 16.0. The van der Waals surface area contributed by atoms with Crippen molar-refractivity contribution in [3.8, 4) is 11.5 Å². The van der Waals surface area contributed by atoms with E-state index in [9.17, 15) is 14.0 Å². The molecule has 0 saturated carbocycles. The molecular formula is C23H23FN4O4S. The standard InChI is InChI=1S/C23H23FN4O4S/c1-14(15-8-9-18-19(12-15)32-11-10-31-18)25-20(29)6-3-7-21-27-28-23(33-21)22(30)26-17-5-2-4-16(24)13-17/h2,4-5,8-9,12-14H,3,6-7,10-11H2,1H3,(H,25,29)(H,26,30)/t14-/m1/s1. The van der Waals surface area contributed by atoms with Crippen molar-refractivity contribution in [2.24, 2.45) is 0 Å². The van der Waals surface area contributed by atoms with E-state index in [2.05, 4.69) is 20.8 Å². The molecule has 3 aromatic rings. The minimum absolute atomic E-state index is 0.0778. The molecule has 4 rings (SSSR count). The van der Waals surface area contributed by atoms with E-state index in [1.807, 2.05) is 25.1 Å². The number of nitrogens with one attached hydrogen (secondary N) is 2. The molecule has 0 aliphatic carbocycles. The van der Waals surface area contributed by atoms with Crippen LogP contribution in [-0.4, -0.2) is 35.2 Å². The fraction of sp³-hybridized carbons (Fsp3) is 0.304. The number of hydrogen-bond acceptors (Lipinski definition) is 7. The van der Waals surface area contributed by atoms with Crippen LogP contribution in [0.1, 0.15) is 46.2 Å². The molecule has 1 aliphatic rings. The molecule has 0 bridgehead atoms. The zero-order chi connectivity index (χ0) is 23.2. The molecule has 2 heterocycles. The normalized spacial score (nSPS) is 13.3. The number of nitrogens with zero attached hydrogens (tertiary/aromatic N) is 2. The Bertz CT molecular complexity index is 1150. The highest BCUT2D eigenvalue weighted by molar-refractivity contribution is 7.13. The van der Waals surface area contributed by atoms with Crippen LogP contribution in [0.2, 0.25) is 0 Å². The van der Waals surface area contributed by atoms with Crippen LogP contribution in [0.4, 0.5) is 10.1 Å². The van der Waals surface area contributed by atoms with Gasteiger partial charge in [-0.1, -0.05) is 23.5 Å². The second kappa shape index (κ2) is 10.4. The fourth-order valence-corrected chi connectivity index (χ4v) is 4.10. The number of halogens is 1. The number of carbonyl (C=O) groups excluding carboxylic acids is 2. The van der Waals surface area contributed by atoms with E-state index in [4.69, 9.17) is 9.47 Å². The van der Waals surface area contributed by atoms with Crippen molar-refractivity contribution in [3.63, 3.8) is 0 Å². The summed E-state index contributed by atoms with van der Waals surface area (Å²) in [6, 6.07) is 11.1. The Morgan fingerprint density at radius 3 is 2.76 bits per heavy atom. The Kier molecular flexibility index (Phi) is 7.13. The van der Waals surface area contributed by atoms with Crippen LogP contribution in [0.15, 0.2) is 42.5 Å². The van der Waals surface area contributed by atoms with Crippen LogP contribution in [0.5, 0.6) is 11.5 Å². The van der Waals surface area contributed by atoms with E-state index >= 15 is 0 Å². The number of rotatable bonds is 8. The van der Waals surface area contributed by atoms with Gasteiger partial charge in [0.2, 0.25) is 10.9 Å². The lowest BCUT2D eigenvalue weighted by molar-refractivity contribution is -0.121. The Hall–Kier alpha value is -3.53. The zero-order valence-corrected chi connectivity index (χ0v) is 18.8. The molecule has 2 amide bonds. The first-order valence-corrected chi connectivity index (χ1v) is 11.4. The Labute approximate surface area is 194 Å². The summed E-state index contributed by atoms with van der Waals surface area (Å²) in [6.07, 6.45) is 1.41. The Morgan fingerprint density at radius 2 is 1.94 bits per heavy atom. The molecule has 0 saturated heterocycles. The van der Waals surface area contributed by atoms with Crippen LogP contribution >= 0.6 is 11.3 Å². The number of amides is 2. The number of aromatic nitrogens is 2. The largest absolute Gasteiger partial charge is 0.486 e. The quantitative estimate of drug-likeness (QED) is 0.518. The summed E-state index contributed by atoms with van der Waals surface area (Å²) in [5.41, 5.74) is 1.28. The predicted molar refractivity (Wildman–Crippen MR) is 121 cm³/mol. The Morgan fingerprint density at radius 1 is 1.12 bits per heavy atom. The summed E-state index contributed by atoms with van der Waals surface area (Å²) in [7, 11) is 0. The number of benzene rings is 2. The van der Waals surface area contributed by atoms with Crippen LogP contribution < -0.4 is 20.1 Å². The second-order valence-corrected chi connectivity index (χ2v) is 8.57. The predicted octanol–water partition coefficient (Wildman–Crippen LogP) is 3.90. The summed E-state index contributed by atoms with van der Waals surface area (Å²) in [5.74, 6) is 0.437. The molecule has 2 aromatic carbocycles. The monoisotopic (exact) mass is 470 g/mol. The third kappa shape index (κ3) is 6.04. The maximum atomic E-state index is 13.3. The smallest absolute Gasteiger partial charge is 0.286 e. The molecule has 0 unspecified atom stereocenters. The first kappa shape index (κ1) is 22.7. The van der Waals surface area contributed by atoms with E-state index < -0.39 is 11.7 Å². The van der Waals surface area contributed by atoms with Crippen molar-refractivity contribution in [2.45, 2.75) is 32.2 Å². The van der Waals surface area contributed by atoms with Gasteiger partial charge in [0.1, 0.15) is 24.0 Å². The number of fused-ring (bicyclic) bond motifs is 1. The van der Waals surface area contributed by atoms with E-state index in [0.29, 0.717) is 54.7 Å². The summed E-state index contributed by atoms with van der Waals surface area (Å²) < 4.78 is 24.4. The van der Waals surface area contributed by atoms with Gasteiger partial charge in [-0.2, -0.15) is 0 Å². The van der Waals surface area contributed by atoms with Gasteiger partial charge >= 0.3 is 0 Å². The van der Waals surface area contributed by atoms with Crippen LogP contribution in [0, 0.1) is 5.82 Å². The van der Waals surface area contributed by atoms with E-state index in [-0.39, 0.29) is 17.0 Å². The maximum absolute atomic E-state index is 13.3. The van der Waals surface area contributed by atoms with Crippen molar-refractivity contribution < 1.29 is 23.5 Å². The first-order valence-electron chi connectivity index (χ1n) is 10.6. The lowest BCUT2D eigenvalue weighted by atomic mass is 10.1. The van der Waals surface area contributed by atoms with Crippen molar-refractivity contribution in [3.05, 3.63) is 63.9 Å². The van der Waals surface area contributed by atoms with E-state index in [1.54, 1.807) is 6.07 Å². The van der Waals surface area contributed by atoms with Gasteiger partial charge in [0.25, 0.3) is 5.91 Å². The van der Waals surface area contributed by atoms with E-state index in [1.165, 1.54) is 18.2 Å². The lowest BCUT2D eigenvalue weighted by Gasteiger charge is -2.21. The SMILES string of the molecule is C[C@@H](NC(=O)CCCc1nnc(C(=O)Nc2cccc(F)c2)s1)c1ccc2c(c1)OCCO2. The molecule has 172 valence electrons. The minimum atomic E-state index is -0.449. The molecule has 8 nitrogen and oxygen atoms in total. The van der Waals surface area contributed by atoms with Gasteiger partial charge < -0.3 is 20.1 Å². The summed E-state index contributed by atoms with van der Waals surface area (Å²) in [5, 5.41) is 14.3. The summed E-state index contributed by atoms with van der Waals surface area (Å²) >= 11 is 1.15. The van der Waals surface area contributed by atoms with Gasteiger partial charge in [-0.3, -0.25) is 9.59 Å². The number of hydrogen-bond donors (Lipinski definition) is 2. The van der Waals surface area contributed by atoms with Gasteiger partial charge in [-0.15, -0.1) is 10.2 Å². The highest BCUT2D eigenvalue weighted by atomic mass is 32.1. The molecule has 2 N–H and O–H groups in total. The molecule has 1 aromatic heterocycles. The van der Waals surface area contributed by atoms with Gasteiger partial charge in [0.15, 0.2) is 11.5 Å². The number of ether oxygens (including phenoxy) is 2. The number of aryl methyl sites for hydroxylation is 1. The summed E-state index contributed by atoms with van der Waals surface area (Å²) in [4.78, 5) is 24.6. The molecule has 10 heteroatoms. The molecule has 0 spiro atoms. The lowest BCUT2D eigenvalue weighted by Crippen LogP contribution is -2.26. The van der Waals surface area contributed by atoms with Crippen molar-refractivity contribution >= 4 is 28.8 Å². The molecule has 33 heavy (non-hydrogen) atoms. The highest BCUT2D eigenvalue weighted by Gasteiger charge is 2.17. The van der Waals surface area contributed by atoms with E-state index in [0.717, 1.165) is 16.9 Å². The average molecular weight is 471 g/mol. The van der Waals surface area contributed by atoms with Crippen molar-refractivity contribution in [1.29, 1.82) is 0 Å². The van der Waals surface area contributed by atoms with Crippen molar-refractivity contribution in [1.82, 2.24) is 15.5 Å². The molecule has 0 fully saturated rings. The summed E-state index contributed by atoms with van der Waals surface area (Å²) in [6.45, 7) is 2.96. The van der Waals surface area contributed by atoms with Gasteiger partial charge in [0.05, 0.1) is 6.04 Å². The molecule has 1 atom stereocenters. The second-order valence-electron chi connectivity index (χ2n) is 7.51. The zero-order valence-electron chi connectivity index (χ0n) is 18.0. The van der Waals surface area contributed by atoms with Crippen LogP contribution in [-0.2, 0) is 11.2 Å². The van der Waals surface area contributed by atoms with Gasteiger partial charge in [-0.25, -0.2) is 4.39 Å². The topological polar surface area (TPSA) is 102 Å². The minimum Gasteiger partial charge on any atom is -0.486 e.